The molecule has 0 bridgehead atoms. The van der Waals surface area contributed by atoms with Crippen LogP contribution in [-0.2, 0) is 6.18 Å². The van der Waals surface area contributed by atoms with Crippen molar-refractivity contribution in [3.8, 4) is 0 Å². The molecule has 1 unspecified atom stereocenters. The maximum atomic E-state index is 13.3. The van der Waals surface area contributed by atoms with Crippen LogP contribution in [0.25, 0.3) is 0 Å². The van der Waals surface area contributed by atoms with Crippen molar-refractivity contribution >= 4 is 5.82 Å². The van der Waals surface area contributed by atoms with Crippen molar-refractivity contribution in [1.29, 1.82) is 0 Å². The number of benzene rings is 1. The number of fused-ring (bicyclic) bond motifs is 1. The predicted octanol–water partition coefficient (Wildman–Crippen LogP) is 3.59. The third-order valence-electron chi connectivity index (χ3n) is 3.37. The van der Waals surface area contributed by atoms with E-state index in [1.807, 2.05) is 0 Å². The molecule has 2 aromatic rings. The average Bonchev–Trinajstić information content (AvgIpc) is 2.86. The lowest BCUT2D eigenvalue weighted by atomic mass is 10.0. The molecule has 1 aliphatic rings. The van der Waals surface area contributed by atoms with Gasteiger partial charge in [0, 0.05) is 12.6 Å². The number of nitrogens with zero attached hydrogens (tertiary/aromatic N) is 2. The number of alkyl halides is 3. The first-order valence-electron chi connectivity index (χ1n) is 6.22. The second kappa shape index (κ2) is 4.71. The van der Waals surface area contributed by atoms with Crippen LogP contribution in [0.4, 0.5) is 27.8 Å². The van der Waals surface area contributed by atoms with Gasteiger partial charge in [-0.3, -0.25) is 0 Å². The molecular weight excluding hydrogens is 293 g/mol. The van der Waals surface area contributed by atoms with Gasteiger partial charge in [0.15, 0.2) is 17.3 Å². The number of nitrogens with one attached hydrogen (secondary N) is 1. The summed E-state index contributed by atoms with van der Waals surface area (Å²) in [5.74, 6) is -1.82. The SMILES string of the molecule is Fc1ccc(C2CCNc3cc(C(F)(F)F)nn32)cc1F. The summed E-state index contributed by atoms with van der Waals surface area (Å²) in [5.41, 5.74) is -0.632. The molecule has 1 aromatic carbocycles. The van der Waals surface area contributed by atoms with Crippen LogP contribution in [-0.4, -0.2) is 16.3 Å². The molecular formula is C13H10F5N3. The number of hydrogen-bond acceptors (Lipinski definition) is 2. The monoisotopic (exact) mass is 303 g/mol. The van der Waals surface area contributed by atoms with Gasteiger partial charge in [-0.05, 0) is 24.1 Å². The fraction of sp³-hybridized carbons (Fsp3) is 0.308. The minimum atomic E-state index is -4.55. The third kappa shape index (κ3) is 2.45. The van der Waals surface area contributed by atoms with Crippen LogP contribution in [0.5, 0.6) is 0 Å². The average molecular weight is 303 g/mol. The summed E-state index contributed by atoms with van der Waals surface area (Å²) in [5, 5.41) is 6.36. The summed E-state index contributed by atoms with van der Waals surface area (Å²) < 4.78 is 65.6. The van der Waals surface area contributed by atoms with E-state index >= 15 is 0 Å². The van der Waals surface area contributed by atoms with Crippen molar-refractivity contribution in [2.24, 2.45) is 0 Å². The molecule has 0 radical (unpaired) electrons. The van der Waals surface area contributed by atoms with Gasteiger partial charge in [0.1, 0.15) is 5.82 Å². The van der Waals surface area contributed by atoms with E-state index in [9.17, 15) is 22.0 Å². The van der Waals surface area contributed by atoms with Crippen molar-refractivity contribution in [2.45, 2.75) is 18.6 Å². The topological polar surface area (TPSA) is 29.9 Å². The molecule has 1 N–H and O–H groups in total. The standard InChI is InChI=1S/C13H10F5N3/c14-8-2-1-7(5-9(8)15)10-3-4-19-12-6-11(13(16,17)18)20-21(10)12/h1-2,5-6,10,19H,3-4H2. The van der Waals surface area contributed by atoms with Crippen LogP contribution in [0.3, 0.4) is 0 Å². The molecule has 0 aliphatic carbocycles. The highest BCUT2D eigenvalue weighted by Crippen LogP contribution is 2.35. The van der Waals surface area contributed by atoms with Gasteiger partial charge in [0.2, 0.25) is 0 Å². The number of aromatic nitrogens is 2. The summed E-state index contributed by atoms with van der Waals surface area (Å²) in [6.07, 6.45) is -4.12. The minimum absolute atomic E-state index is 0.211. The molecule has 0 saturated heterocycles. The van der Waals surface area contributed by atoms with Crippen LogP contribution in [0, 0.1) is 11.6 Å². The highest BCUT2D eigenvalue weighted by atomic mass is 19.4. The van der Waals surface area contributed by atoms with Crippen LogP contribution in [0.1, 0.15) is 23.7 Å². The number of anilines is 1. The van der Waals surface area contributed by atoms with E-state index in [2.05, 4.69) is 10.4 Å². The summed E-state index contributed by atoms with van der Waals surface area (Å²) in [6.45, 7) is 0.423. The van der Waals surface area contributed by atoms with Crippen molar-refractivity contribution in [2.75, 3.05) is 11.9 Å². The molecule has 112 valence electrons. The molecule has 0 fully saturated rings. The lowest BCUT2D eigenvalue weighted by Crippen LogP contribution is -2.24. The molecule has 0 saturated carbocycles. The highest BCUT2D eigenvalue weighted by molar-refractivity contribution is 5.42. The maximum absolute atomic E-state index is 13.3. The normalized spacial score (nSPS) is 18.2. The van der Waals surface area contributed by atoms with Gasteiger partial charge in [-0.2, -0.15) is 18.3 Å². The van der Waals surface area contributed by atoms with Crippen molar-refractivity contribution in [1.82, 2.24) is 9.78 Å². The fourth-order valence-corrected chi connectivity index (χ4v) is 2.39. The molecule has 3 rings (SSSR count). The molecule has 0 spiro atoms. The summed E-state index contributed by atoms with van der Waals surface area (Å²) in [4.78, 5) is 0. The number of halogens is 5. The largest absolute Gasteiger partial charge is 0.435 e. The molecule has 8 heteroatoms. The second-order valence-electron chi connectivity index (χ2n) is 4.76. The van der Waals surface area contributed by atoms with Crippen LogP contribution >= 0.6 is 0 Å². The van der Waals surface area contributed by atoms with Crippen molar-refractivity contribution in [3.05, 3.63) is 47.2 Å². The van der Waals surface area contributed by atoms with E-state index in [1.54, 1.807) is 0 Å². The first-order chi connectivity index (χ1) is 9.86. The molecule has 1 atom stereocenters. The van der Waals surface area contributed by atoms with E-state index in [-0.39, 0.29) is 5.82 Å². The zero-order valence-corrected chi connectivity index (χ0v) is 10.6. The molecule has 1 aromatic heterocycles. The maximum Gasteiger partial charge on any atom is 0.435 e. The lowest BCUT2D eigenvalue weighted by Gasteiger charge is -2.26. The van der Waals surface area contributed by atoms with Gasteiger partial charge in [-0.15, -0.1) is 0 Å². The fourth-order valence-electron chi connectivity index (χ4n) is 2.39. The summed E-state index contributed by atoms with van der Waals surface area (Å²) >= 11 is 0. The van der Waals surface area contributed by atoms with Gasteiger partial charge in [-0.1, -0.05) is 6.07 Å². The van der Waals surface area contributed by atoms with E-state index in [1.165, 1.54) is 10.7 Å². The Balaban J connectivity index is 2.03. The Labute approximate surface area is 116 Å². The first-order valence-corrected chi connectivity index (χ1v) is 6.22. The lowest BCUT2D eigenvalue weighted by molar-refractivity contribution is -0.141. The van der Waals surface area contributed by atoms with Crippen LogP contribution in [0.15, 0.2) is 24.3 Å². The van der Waals surface area contributed by atoms with E-state index in [0.717, 1.165) is 18.2 Å². The Morgan fingerprint density at radius 3 is 2.57 bits per heavy atom. The van der Waals surface area contributed by atoms with E-state index in [4.69, 9.17) is 0 Å². The van der Waals surface area contributed by atoms with Gasteiger partial charge in [-0.25, -0.2) is 13.5 Å². The van der Waals surface area contributed by atoms with Crippen LogP contribution < -0.4 is 5.32 Å². The molecule has 2 heterocycles. The van der Waals surface area contributed by atoms with E-state index < -0.39 is 29.5 Å². The van der Waals surface area contributed by atoms with E-state index in [0.29, 0.717) is 18.5 Å². The molecule has 3 nitrogen and oxygen atoms in total. The molecule has 1 aliphatic heterocycles. The van der Waals surface area contributed by atoms with Crippen molar-refractivity contribution < 1.29 is 22.0 Å². The summed E-state index contributed by atoms with van der Waals surface area (Å²) in [6, 6.07) is 3.65. The Kier molecular flexibility index (Phi) is 3.11. The van der Waals surface area contributed by atoms with Crippen molar-refractivity contribution in [3.63, 3.8) is 0 Å². The Hall–Kier alpha value is -2.12. The Bertz CT molecular complexity index is 677. The third-order valence-corrected chi connectivity index (χ3v) is 3.37. The second-order valence-corrected chi connectivity index (χ2v) is 4.76. The van der Waals surface area contributed by atoms with Gasteiger partial charge >= 0.3 is 6.18 Å². The van der Waals surface area contributed by atoms with Gasteiger partial charge in [0.05, 0.1) is 6.04 Å². The Morgan fingerprint density at radius 2 is 1.90 bits per heavy atom. The molecule has 0 amide bonds. The summed E-state index contributed by atoms with van der Waals surface area (Å²) in [7, 11) is 0. The van der Waals surface area contributed by atoms with Gasteiger partial charge in [0.25, 0.3) is 0 Å². The zero-order chi connectivity index (χ0) is 15.2. The first kappa shape index (κ1) is 13.8. The quantitative estimate of drug-likeness (QED) is 0.816. The number of hydrogen-bond donors (Lipinski definition) is 1. The smallest absolute Gasteiger partial charge is 0.370 e. The highest BCUT2D eigenvalue weighted by Gasteiger charge is 2.36. The van der Waals surface area contributed by atoms with Crippen LogP contribution in [0.2, 0.25) is 0 Å². The Morgan fingerprint density at radius 1 is 1.14 bits per heavy atom. The van der Waals surface area contributed by atoms with Gasteiger partial charge < -0.3 is 5.32 Å². The molecule has 21 heavy (non-hydrogen) atoms. The zero-order valence-electron chi connectivity index (χ0n) is 10.6. The number of rotatable bonds is 1. The minimum Gasteiger partial charge on any atom is -0.370 e. The predicted molar refractivity (Wildman–Crippen MR) is 64.8 cm³/mol.